The summed E-state index contributed by atoms with van der Waals surface area (Å²) in [6.07, 6.45) is 0. The van der Waals surface area contributed by atoms with Crippen molar-refractivity contribution in [1.29, 1.82) is 0 Å². The van der Waals surface area contributed by atoms with E-state index in [4.69, 9.17) is 4.42 Å². The average molecular weight is 683 g/mol. The number of benzene rings is 8. The van der Waals surface area contributed by atoms with Crippen molar-refractivity contribution in [2.45, 2.75) is 0 Å². The maximum Gasteiger partial charge on any atom is 0.159 e. The summed E-state index contributed by atoms with van der Waals surface area (Å²) in [5, 5.41) is 7.28. The second-order valence-electron chi connectivity index (χ2n) is 13.3. The SMILES string of the molecule is c1ccc(-n2c3ccccc3c3cc(-c4ccc(N(c5ccc6sc7ccccc7c6c5)c5cccc6c5oc5ccccc56)cc4)ccc32)cc1. The number of para-hydroxylation sites is 4. The Balaban J connectivity index is 1.07. The summed E-state index contributed by atoms with van der Waals surface area (Å²) >= 11 is 1.84. The van der Waals surface area contributed by atoms with E-state index in [9.17, 15) is 0 Å². The zero-order valence-electron chi connectivity index (χ0n) is 28.0. The fraction of sp³-hybridized carbons (Fsp3) is 0. The normalized spacial score (nSPS) is 11.8. The van der Waals surface area contributed by atoms with Gasteiger partial charge in [0, 0.05) is 58.8 Å². The van der Waals surface area contributed by atoms with Crippen LogP contribution in [0.2, 0.25) is 0 Å². The number of hydrogen-bond donors (Lipinski definition) is 0. The van der Waals surface area contributed by atoms with Crippen molar-refractivity contribution in [3.8, 4) is 16.8 Å². The number of thiophene rings is 1. The quantitative estimate of drug-likeness (QED) is 0.180. The molecule has 0 aliphatic carbocycles. The first-order valence-corrected chi connectivity index (χ1v) is 18.4. The smallest absolute Gasteiger partial charge is 0.159 e. The van der Waals surface area contributed by atoms with E-state index >= 15 is 0 Å². The van der Waals surface area contributed by atoms with Crippen molar-refractivity contribution < 1.29 is 4.42 Å². The molecule has 0 N–H and O–H groups in total. The molecule has 0 atom stereocenters. The Labute approximate surface area is 303 Å². The van der Waals surface area contributed by atoms with Crippen LogP contribution in [-0.4, -0.2) is 4.57 Å². The summed E-state index contributed by atoms with van der Waals surface area (Å²) in [5.74, 6) is 0. The third-order valence-corrected chi connectivity index (χ3v) is 11.5. The van der Waals surface area contributed by atoms with Crippen molar-refractivity contribution in [3.63, 3.8) is 0 Å². The fourth-order valence-electron chi connectivity index (χ4n) is 8.00. The van der Waals surface area contributed by atoms with Gasteiger partial charge in [-0.1, -0.05) is 103 Å². The van der Waals surface area contributed by atoms with E-state index in [1.165, 1.54) is 58.8 Å². The molecule has 3 aromatic heterocycles. The van der Waals surface area contributed by atoms with E-state index in [2.05, 4.69) is 185 Å². The summed E-state index contributed by atoms with van der Waals surface area (Å²) in [6, 6.07) is 65.4. The van der Waals surface area contributed by atoms with Crippen LogP contribution >= 0.6 is 11.3 Å². The van der Waals surface area contributed by atoms with Crippen LogP contribution in [0.3, 0.4) is 0 Å². The van der Waals surface area contributed by atoms with E-state index in [1.54, 1.807) is 0 Å². The summed E-state index contributed by atoms with van der Waals surface area (Å²) < 4.78 is 11.6. The van der Waals surface area contributed by atoms with Gasteiger partial charge in [-0.05, 0) is 90.0 Å². The molecule has 0 saturated heterocycles. The molecular formula is C48H30N2OS. The third kappa shape index (κ3) is 4.45. The van der Waals surface area contributed by atoms with E-state index in [-0.39, 0.29) is 0 Å². The molecule has 4 heteroatoms. The monoisotopic (exact) mass is 682 g/mol. The largest absolute Gasteiger partial charge is 0.454 e. The van der Waals surface area contributed by atoms with Gasteiger partial charge in [0.1, 0.15) is 5.58 Å². The van der Waals surface area contributed by atoms with E-state index < -0.39 is 0 Å². The van der Waals surface area contributed by atoms with E-state index in [0.29, 0.717) is 0 Å². The van der Waals surface area contributed by atoms with Gasteiger partial charge in [-0.15, -0.1) is 11.3 Å². The number of nitrogens with zero attached hydrogens (tertiary/aromatic N) is 2. The van der Waals surface area contributed by atoms with Crippen LogP contribution in [0, 0.1) is 0 Å². The lowest BCUT2D eigenvalue weighted by atomic mass is 10.0. The maximum absolute atomic E-state index is 6.61. The third-order valence-electron chi connectivity index (χ3n) is 10.4. The standard InChI is InChI=1S/C48H30N2OS/c1-2-11-33(12-3-1)50-42-17-7-4-13-36(42)40-29-32(23-27-43(40)50)31-21-24-34(25-22-31)49(35-26-28-47-41(30-35)38-15-6-9-20-46(38)52-47)44-18-10-16-39-37-14-5-8-19-45(37)51-48(39)44/h1-30H. The average Bonchev–Trinajstić information content (AvgIpc) is 3.88. The van der Waals surface area contributed by atoms with Gasteiger partial charge < -0.3 is 13.9 Å². The van der Waals surface area contributed by atoms with Crippen LogP contribution in [0.1, 0.15) is 0 Å². The maximum atomic E-state index is 6.61. The van der Waals surface area contributed by atoms with Gasteiger partial charge in [-0.3, -0.25) is 0 Å². The molecule has 0 fully saturated rings. The molecule has 52 heavy (non-hydrogen) atoms. The second-order valence-corrected chi connectivity index (χ2v) is 14.4. The lowest BCUT2D eigenvalue weighted by Gasteiger charge is -2.26. The van der Waals surface area contributed by atoms with E-state index in [0.717, 1.165) is 39.0 Å². The number of anilines is 3. The predicted octanol–water partition coefficient (Wildman–Crippen LogP) is 14.2. The molecule has 3 nitrogen and oxygen atoms in total. The molecule has 0 saturated carbocycles. The van der Waals surface area contributed by atoms with Crippen molar-refractivity contribution >= 4 is 92.3 Å². The predicted molar refractivity (Wildman–Crippen MR) is 221 cm³/mol. The molecule has 0 radical (unpaired) electrons. The first-order valence-electron chi connectivity index (χ1n) is 17.6. The zero-order valence-corrected chi connectivity index (χ0v) is 28.8. The molecule has 0 amide bonds. The molecule has 0 bridgehead atoms. The number of hydrogen-bond acceptors (Lipinski definition) is 3. The Morgan fingerprint density at radius 3 is 1.98 bits per heavy atom. The molecule has 0 spiro atoms. The Kier molecular flexibility index (Phi) is 6.42. The number of aromatic nitrogens is 1. The number of rotatable bonds is 5. The fourth-order valence-corrected chi connectivity index (χ4v) is 9.09. The van der Waals surface area contributed by atoms with Crippen molar-refractivity contribution in [1.82, 2.24) is 4.57 Å². The summed E-state index contributed by atoms with van der Waals surface area (Å²) in [6.45, 7) is 0. The highest BCUT2D eigenvalue weighted by Gasteiger charge is 2.21. The molecule has 0 aliphatic rings. The van der Waals surface area contributed by atoms with Crippen LogP contribution in [0.25, 0.3) is 80.7 Å². The highest BCUT2D eigenvalue weighted by molar-refractivity contribution is 7.25. The lowest BCUT2D eigenvalue weighted by Crippen LogP contribution is -2.10. The van der Waals surface area contributed by atoms with Crippen LogP contribution < -0.4 is 4.90 Å². The summed E-state index contributed by atoms with van der Waals surface area (Å²) in [5.41, 5.74) is 10.9. The first-order chi connectivity index (χ1) is 25.8. The number of furan rings is 1. The Morgan fingerprint density at radius 2 is 1.10 bits per heavy atom. The van der Waals surface area contributed by atoms with Crippen molar-refractivity contribution in [2.24, 2.45) is 0 Å². The van der Waals surface area contributed by atoms with E-state index in [1.807, 2.05) is 17.4 Å². The van der Waals surface area contributed by atoms with Crippen LogP contribution in [-0.2, 0) is 0 Å². The Hall–Kier alpha value is -6.62. The van der Waals surface area contributed by atoms with Gasteiger partial charge in [0.15, 0.2) is 5.58 Å². The molecule has 244 valence electrons. The second kappa shape index (κ2) is 11.5. The van der Waals surface area contributed by atoms with Crippen molar-refractivity contribution in [2.75, 3.05) is 4.90 Å². The molecule has 11 aromatic rings. The zero-order chi connectivity index (χ0) is 34.2. The van der Waals surface area contributed by atoms with Gasteiger partial charge in [-0.2, -0.15) is 0 Å². The highest BCUT2D eigenvalue weighted by Crippen LogP contribution is 2.45. The number of fused-ring (bicyclic) bond motifs is 9. The Morgan fingerprint density at radius 1 is 0.423 bits per heavy atom. The van der Waals surface area contributed by atoms with Crippen molar-refractivity contribution in [3.05, 3.63) is 182 Å². The first kappa shape index (κ1) is 29.1. The highest BCUT2D eigenvalue weighted by atomic mass is 32.1. The van der Waals surface area contributed by atoms with Gasteiger partial charge in [-0.25, -0.2) is 0 Å². The molecule has 0 aliphatic heterocycles. The minimum atomic E-state index is 0.878. The molecule has 3 heterocycles. The lowest BCUT2D eigenvalue weighted by molar-refractivity contribution is 0.669. The molecular weight excluding hydrogens is 653 g/mol. The van der Waals surface area contributed by atoms with Gasteiger partial charge >= 0.3 is 0 Å². The molecule has 11 rings (SSSR count). The summed E-state index contributed by atoms with van der Waals surface area (Å²) in [4.78, 5) is 2.34. The van der Waals surface area contributed by atoms with Crippen LogP contribution in [0.15, 0.2) is 186 Å². The van der Waals surface area contributed by atoms with Gasteiger partial charge in [0.05, 0.1) is 16.7 Å². The topological polar surface area (TPSA) is 21.3 Å². The molecule has 8 aromatic carbocycles. The summed E-state index contributed by atoms with van der Waals surface area (Å²) in [7, 11) is 0. The Bertz CT molecular complexity index is 3130. The van der Waals surface area contributed by atoms with Gasteiger partial charge in [0.25, 0.3) is 0 Å². The van der Waals surface area contributed by atoms with Crippen LogP contribution in [0.5, 0.6) is 0 Å². The minimum absolute atomic E-state index is 0.878. The van der Waals surface area contributed by atoms with Gasteiger partial charge in [0.2, 0.25) is 0 Å². The minimum Gasteiger partial charge on any atom is -0.454 e. The molecule has 0 unspecified atom stereocenters. The van der Waals surface area contributed by atoms with Crippen LogP contribution in [0.4, 0.5) is 17.1 Å².